The van der Waals surface area contributed by atoms with Crippen LogP contribution in [0.1, 0.15) is 12.0 Å². The lowest BCUT2D eigenvalue weighted by Gasteiger charge is -1.91. The minimum atomic E-state index is 0.177. The first-order valence-corrected chi connectivity index (χ1v) is 4.59. The summed E-state index contributed by atoms with van der Waals surface area (Å²) in [5, 5.41) is 0.741. The van der Waals surface area contributed by atoms with Gasteiger partial charge in [0.2, 0.25) is 0 Å². The minimum Gasteiger partial charge on any atom is -0.303 e. The highest BCUT2D eigenvalue weighted by molar-refractivity contribution is 6.30. The van der Waals surface area contributed by atoms with Crippen LogP contribution in [0.3, 0.4) is 0 Å². The number of carbonyl (C=O) groups is 1. The van der Waals surface area contributed by atoms with Gasteiger partial charge in [0, 0.05) is 10.9 Å². The lowest BCUT2D eigenvalue weighted by Crippen LogP contribution is -1.73. The number of hydrogen-bond donors (Lipinski definition) is 0. The number of allylic oxidation sites excluding steroid dienone is 1. The summed E-state index contributed by atoms with van der Waals surface area (Å²) in [5.74, 6) is 0.177. The van der Waals surface area contributed by atoms with Gasteiger partial charge >= 0.3 is 0 Å². The number of rotatable bonds is 2. The third kappa shape index (κ3) is 1.99. The molecule has 1 unspecified atom stereocenters. The van der Waals surface area contributed by atoms with Crippen molar-refractivity contribution in [3.8, 4) is 0 Å². The lowest BCUT2D eigenvalue weighted by atomic mass is 10.2. The summed E-state index contributed by atoms with van der Waals surface area (Å²) in [5.41, 5.74) is 2.33. The Kier molecular flexibility index (Phi) is 2.19. The van der Waals surface area contributed by atoms with Crippen LogP contribution in [-0.2, 0) is 4.79 Å². The number of aldehydes is 1. The second-order valence-electron chi connectivity index (χ2n) is 3.22. The Morgan fingerprint density at radius 2 is 2.00 bits per heavy atom. The van der Waals surface area contributed by atoms with Gasteiger partial charge in [-0.05, 0) is 24.1 Å². The number of benzene rings is 1. The average molecular weight is 193 g/mol. The van der Waals surface area contributed by atoms with E-state index in [4.69, 9.17) is 11.6 Å². The highest BCUT2D eigenvalue weighted by Gasteiger charge is 2.28. The first kappa shape index (κ1) is 8.52. The molecule has 0 radical (unpaired) electrons. The van der Waals surface area contributed by atoms with Crippen LogP contribution >= 0.6 is 11.6 Å². The van der Waals surface area contributed by atoms with E-state index in [9.17, 15) is 4.79 Å². The van der Waals surface area contributed by atoms with E-state index in [0.717, 1.165) is 23.3 Å². The van der Waals surface area contributed by atoms with Crippen LogP contribution in [0.5, 0.6) is 0 Å². The van der Waals surface area contributed by atoms with Crippen molar-refractivity contribution in [2.75, 3.05) is 0 Å². The molecule has 1 aromatic carbocycles. The van der Waals surface area contributed by atoms with Crippen molar-refractivity contribution in [1.29, 1.82) is 0 Å². The van der Waals surface area contributed by atoms with Crippen LogP contribution in [0.4, 0.5) is 0 Å². The molecule has 2 heteroatoms. The first-order valence-electron chi connectivity index (χ1n) is 4.21. The Labute approximate surface area is 82.0 Å². The summed E-state index contributed by atoms with van der Waals surface area (Å²) >= 11 is 5.74. The zero-order valence-corrected chi connectivity index (χ0v) is 7.79. The van der Waals surface area contributed by atoms with Crippen LogP contribution in [0.2, 0.25) is 5.02 Å². The smallest absolute Gasteiger partial charge is 0.127 e. The molecule has 1 fully saturated rings. The van der Waals surface area contributed by atoms with Crippen LogP contribution in [-0.4, -0.2) is 6.29 Å². The molecule has 66 valence electrons. The maximum Gasteiger partial charge on any atom is 0.127 e. The predicted octanol–water partition coefficient (Wildman–Crippen LogP) is 2.94. The summed E-state index contributed by atoms with van der Waals surface area (Å²) in [6, 6.07) is 7.61. The van der Waals surface area contributed by atoms with Crippen LogP contribution in [0.25, 0.3) is 6.08 Å². The summed E-state index contributed by atoms with van der Waals surface area (Å²) < 4.78 is 0. The summed E-state index contributed by atoms with van der Waals surface area (Å²) in [7, 11) is 0. The van der Waals surface area contributed by atoms with Gasteiger partial charge in [0.25, 0.3) is 0 Å². The number of halogens is 1. The molecule has 0 N–H and O–H groups in total. The van der Waals surface area contributed by atoms with Gasteiger partial charge in [-0.2, -0.15) is 0 Å². The van der Waals surface area contributed by atoms with E-state index in [2.05, 4.69) is 6.08 Å². The van der Waals surface area contributed by atoms with Crippen LogP contribution in [0, 0.1) is 5.92 Å². The fraction of sp³-hybridized carbons (Fsp3) is 0.182. The standard InChI is InChI=1S/C11H9ClO/c12-11-3-1-8(2-4-11)5-9-6-10(9)7-13/h1-5,7,10H,6H2/b9-5+. The lowest BCUT2D eigenvalue weighted by molar-refractivity contribution is -0.108. The van der Waals surface area contributed by atoms with Crippen molar-refractivity contribution < 1.29 is 4.79 Å². The summed E-state index contributed by atoms with van der Waals surface area (Å²) in [4.78, 5) is 10.4. The summed E-state index contributed by atoms with van der Waals surface area (Å²) in [6.07, 6.45) is 3.98. The number of hydrogen-bond acceptors (Lipinski definition) is 1. The maximum absolute atomic E-state index is 10.4. The van der Waals surface area contributed by atoms with Gasteiger partial charge in [0.15, 0.2) is 0 Å². The molecule has 0 aliphatic heterocycles. The van der Waals surface area contributed by atoms with Gasteiger partial charge in [-0.25, -0.2) is 0 Å². The van der Waals surface area contributed by atoms with E-state index in [1.165, 1.54) is 5.57 Å². The molecule has 1 aliphatic rings. The van der Waals surface area contributed by atoms with Crippen molar-refractivity contribution in [3.05, 3.63) is 40.4 Å². The molecule has 0 spiro atoms. The fourth-order valence-corrected chi connectivity index (χ4v) is 1.40. The van der Waals surface area contributed by atoms with E-state index in [1.807, 2.05) is 24.3 Å². The molecule has 0 aromatic heterocycles. The normalized spacial score (nSPS) is 23.2. The van der Waals surface area contributed by atoms with E-state index in [0.29, 0.717) is 0 Å². The third-order valence-electron chi connectivity index (χ3n) is 2.16. The first-order chi connectivity index (χ1) is 6.29. The van der Waals surface area contributed by atoms with Gasteiger partial charge in [-0.3, -0.25) is 0 Å². The molecule has 1 aromatic rings. The Bertz CT molecular complexity index is 351. The van der Waals surface area contributed by atoms with Gasteiger partial charge in [0.1, 0.15) is 6.29 Å². The topological polar surface area (TPSA) is 17.1 Å². The molecule has 13 heavy (non-hydrogen) atoms. The molecule has 0 saturated heterocycles. The van der Waals surface area contributed by atoms with Crippen molar-refractivity contribution in [2.45, 2.75) is 6.42 Å². The second-order valence-corrected chi connectivity index (χ2v) is 3.65. The molecule has 0 bridgehead atoms. The molecular formula is C11H9ClO. The van der Waals surface area contributed by atoms with Gasteiger partial charge < -0.3 is 4.79 Å². The average Bonchev–Trinajstić information content (AvgIpc) is 2.88. The molecule has 1 nitrogen and oxygen atoms in total. The highest BCUT2D eigenvalue weighted by Crippen LogP contribution is 2.37. The molecule has 1 atom stereocenters. The molecule has 2 rings (SSSR count). The van der Waals surface area contributed by atoms with E-state index in [1.54, 1.807) is 0 Å². The summed E-state index contributed by atoms with van der Waals surface area (Å²) in [6.45, 7) is 0. The Balaban J connectivity index is 2.15. The molecule has 1 saturated carbocycles. The molecule has 1 aliphatic carbocycles. The molecule has 0 amide bonds. The van der Waals surface area contributed by atoms with Crippen LogP contribution < -0.4 is 0 Å². The van der Waals surface area contributed by atoms with Crippen molar-refractivity contribution >= 4 is 24.0 Å². The highest BCUT2D eigenvalue weighted by atomic mass is 35.5. The quantitative estimate of drug-likeness (QED) is 0.659. The third-order valence-corrected chi connectivity index (χ3v) is 2.41. The van der Waals surface area contributed by atoms with E-state index in [-0.39, 0.29) is 5.92 Å². The Morgan fingerprint density at radius 3 is 2.54 bits per heavy atom. The van der Waals surface area contributed by atoms with Gasteiger partial charge in [0.05, 0.1) is 0 Å². The second kappa shape index (κ2) is 3.35. The zero-order chi connectivity index (χ0) is 9.26. The van der Waals surface area contributed by atoms with Crippen molar-refractivity contribution in [2.24, 2.45) is 5.92 Å². The van der Waals surface area contributed by atoms with Crippen molar-refractivity contribution in [1.82, 2.24) is 0 Å². The van der Waals surface area contributed by atoms with Crippen molar-refractivity contribution in [3.63, 3.8) is 0 Å². The number of carbonyl (C=O) groups excluding carboxylic acids is 1. The molecule has 0 heterocycles. The monoisotopic (exact) mass is 192 g/mol. The Hall–Kier alpha value is -1.08. The predicted molar refractivity (Wildman–Crippen MR) is 53.6 cm³/mol. The van der Waals surface area contributed by atoms with E-state index < -0.39 is 0 Å². The zero-order valence-electron chi connectivity index (χ0n) is 7.03. The fourth-order valence-electron chi connectivity index (χ4n) is 1.27. The van der Waals surface area contributed by atoms with E-state index >= 15 is 0 Å². The SMILES string of the molecule is O=CC1C/C1=C\c1ccc(Cl)cc1. The van der Waals surface area contributed by atoms with Crippen LogP contribution in [0.15, 0.2) is 29.8 Å². The van der Waals surface area contributed by atoms with Gasteiger partial charge in [-0.1, -0.05) is 35.4 Å². The van der Waals surface area contributed by atoms with Gasteiger partial charge in [-0.15, -0.1) is 0 Å². The maximum atomic E-state index is 10.4. The molecular weight excluding hydrogens is 184 g/mol. The largest absolute Gasteiger partial charge is 0.303 e. The minimum absolute atomic E-state index is 0.177. The Morgan fingerprint density at radius 1 is 1.31 bits per heavy atom.